The Kier molecular flexibility index (Phi) is 6.58. The van der Waals surface area contributed by atoms with E-state index in [2.05, 4.69) is 10.9 Å². The molecule has 0 saturated heterocycles. The van der Waals surface area contributed by atoms with Gasteiger partial charge in [-0.15, -0.1) is 0 Å². The molecule has 3 rings (SSSR count). The molecule has 1 heterocycles. The zero-order valence-electron chi connectivity index (χ0n) is 16.7. The number of benzene rings is 2. The maximum Gasteiger partial charge on any atom is 0.253 e. The second-order valence-corrected chi connectivity index (χ2v) is 8.87. The smallest absolute Gasteiger partial charge is 0.253 e. The number of aryl methyl sites for hydroxylation is 1. The number of hydrogen-bond acceptors (Lipinski definition) is 6. The summed E-state index contributed by atoms with van der Waals surface area (Å²) in [6, 6.07) is 11.5. The quantitative estimate of drug-likeness (QED) is 0.651. The van der Waals surface area contributed by atoms with Crippen LogP contribution < -0.4 is 20.3 Å². The van der Waals surface area contributed by atoms with Crippen molar-refractivity contribution in [1.29, 1.82) is 0 Å². The highest BCUT2D eigenvalue weighted by Crippen LogP contribution is 2.30. The molecule has 0 aliphatic carbocycles. The predicted molar refractivity (Wildman–Crippen MR) is 108 cm³/mol. The largest absolute Gasteiger partial charge is 0.486 e. The van der Waals surface area contributed by atoms with Crippen molar-refractivity contribution in [3.8, 4) is 11.5 Å². The van der Waals surface area contributed by atoms with Gasteiger partial charge in [0.1, 0.15) is 13.2 Å². The summed E-state index contributed by atoms with van der Waals surface area (Å²) in [5.74, 6) is 0.0721. The summed E-state index contributed by atoms with van der Waals surface area (Å²) < 4.78 is 36.8. The second-order valence-electron chi connectivity index (χ2n) is 6.83. The topological polar surface area (TPSA) is 114 Å². The van der Waals surface area contributed by atoms with Crippen LogP contribution in [-0.2, 0) is 26.0 Å². The molecular formula is C20H23N3O6S. The highest BCUT2D eigenvalue weighted by Gasteiger charge is 2.23. The van der Waals surface area contributed by atoms with E-state index < -0.39 is 28.4 Å². The molecule has 1 aliphatic heterocycles. The minimum atomic E-state index is -3.81. The maximum absolute atomic E-state index is 12.5. The first-order valence-corrected chi connectivity index (χ1v) is 10.7. The molecule has 10 heteroatoms. The number of likely N-dealkylation sites (N-methyl/N-ethyl adjacent to an activating group) is 1. The summed E-state index contributed by atoms with van der Waals surface area (Å²) in [4.78, 5) is 24.2. The molecule has 0 radical (unpaired) electrons. The Morgan fingerprint density at radius 2 is 1.60 bits per heavy atom. The molecule has 0 atom stereocenters. The van der Waals surface area contributed by atoms with Crippen LogP contribution >= 0.6 is 0 Å². The summed E-state index contributed by atoms with van der Waals surface area (Å²) in [5.41, 5.74) is 6.12. The number of hydrazine groups is 1. The number of amides is 2. The van der Waals surface area contributed by atoms with Crippen molar-refractivity contribution in [2.45, 2.75) is 18.2 Å². The molecule has 0 unspecified atom stereocenters. The van der Waals surface area contributed by atoms with Crippen LogP contribution in [0, 0.1) is 6.92 Å². The van der Waals surface area contributed by atoms with E-state index in [1.165, 1.54) is 19.2 Å². The maximum atomic E-state index is 12.5. The number of carbonyl (C=O) groups excluding carboxylic acids is 2. The molecule has 0 spiro atoms. The van der Waals surface area contributed by atoms with E-state index in [-0.39, 0.29) is 11.3 Å². The molecule has 2 N–H and O–H groups in total. The summed E-state index contributed by atoms with van der Waals surface area (Å²) >= 11 is 0. The van der Waals surface area contributed by atoms with Crippen molar-refractivity contribution < 1.29 is 27.5 Å². The third kappa shape index (κ3) is 5.28. The Morgan fingerprint density at radius 3 is 2.30 bits per heavy atom. The number of nitrogens with zero attached hydrogens (tertiary/aromatic N) is 1. The average molecular weight is 433 g/mol. The van der Waals surface area contributed by atoms with Crippen molar-refractivity contribution in [3.05, 3.63) is 53.6 Å². The summed E-state index contributed by atoms with van der Waals surface area (Å²) in [5, 5.41) is 0. The van der Waals surface area contributed by atoms with Crippen LogP contribution in [0.3, 0.4) is 0 Å². The first kappa shape index (κ1) is 21.6. The molecule has 9 nitrogen and oxygen atoms in total. The van der Waals surface area contributed by atoms with Crippen LogP contribution in [-0.4, -0.2) is 51.3 Å². The Bertz CT molecular complexity index is 1040. The number of rotatable bonds is 6. The monoisotopic (exact) mass is 433 g/mol. The average Bonchev–Trinajstić information content (AvgIpc) is 2.72. The minimum Gasteiger partial charge on any atom is -0.486 e. The molecule has 0 fully saturated rings. The van der Waals surface area contributed by atoms with Gasteiger partial charge in [0.2, 0.25) is 15.9 Å². The first-order valence-electron chi connectivity index (χ1n) is 9.25. The molecule has 0 saturated carbocycles. The highest BCUT2D eigenvalue weighted by atomic mass is 32.2. The van der Waals surface area contributed by atoms with Gasteiger partial charge in [0, 0.05) is 7.05 Å². The number of carbonyl (C=O) groups is 2. The third-order valence-corrected chi connectivity index (χ3v) is 6.23. The van der Waals surface area contributed by atoms with Crippen molar-refractivity contribution in [2.75, 3.05) is 26.8 Å². The lowest BCUT2D eigenvalue weighted by Gasteiger charge is -2.19. The van der Waals surface area contributed by atoms with Gasteiger partial charge in [-0.05, 0) is 36.8 Å². The molecule has 2 aromatic rings. The van der Waals surface area contributed by atoms with Gasteiger partial charge in [0.15, 0.2) is 11.5 Å². The van der Waals surface area contributed by atoms with Crippen LogP contribution in [0.15, 0.2) is 47.4 Å². The van der Waals surface area contributed by atoms with Gasteiger partial charge < -0.3 is 9.47 Å². The zero-order valence-corrected chi connectivity index (χ0v) is 17.5. The van der Waals surface area contributed by atoms with E-state index in [4.69, 9.17) is 9.47 Å². The number of sulfonamides is 1. The standard InChI is InChI=1S/C20H23N3O6S/c1-14-3-6-16(7-4-14)30(26,27)23(2)13-20(25)22-21-19(24)12-15-5-8-17-18(11-15)29-10-9-28-17/h3-8,11H,9-10,12-13H2,1-2H3,(H,21,24)(H,22,25). The lowest BCUT2D eigenvalue weighted by molar-refractivity contribution is -0.128. The van der Waals surface area contributed by atoms with E-state index in [1.807, 2.05) is 6.92 Å². The summed E-state index contributed by atoms with van der Waals surface area (Å²) in [7, 11) is -2.52. The molecule has 0 bridgehead atoms. The number of hydrogen-bond donors (Lipinski definition) is 2. The second kappa shape index (κ2) is 9.14. The van der Waals surface area contributed by atoms with E-state index in [0.29, 0.717) is 30.3 Å². The molecule has 160 valence electrons. The van der Waals surface area contributed by atoms with E-state index >= 15 is 0 Å². The van der Waals surface area contributed by atoms with Crippen LogP contribution in [0.4, 0.5) is 0 Å². The van der Waals surface area contributed by atoms with Crippen LogP contribution in [0.5, 0.6) is 11.5 Å². The normalized spacial score (nSPS) is 13.0. The molecule has 0 aromatic heterocycles. The fourth-order valence-corrected chi connectivity index (χ4v) is 3.91. The van der Waals surface area contributed by atoms with Gasteiger partial charge in [-0.1, -0.05) is 23.8 Å². The fraction of sp³-hybridized carbons (Fsp3) is 0.300. The Balaban J connectivity index is 1.50. The Morgan fingerprint density at radius 1 is 0.967 bits per heavy atom. The van der Waals surface area contributed by atoms with Crippen molar-refractivity contribution in [2.24, 2.45) is 0 Å². The predicted octanol–water partition coefficient (Wildman–Crippen LogP) is 0.777. The van der Waals surface area contributed by atoms with Crippen LogP contribution in [0.1, 0.15) is 11.1 Å². The third-order valence-electron chi connectivity index (χ3n) is 4.41. The molecule has 1 aliphatic rings. The number of nitrogens with one attached hydrogen (secondary N) is 2. The SMILES string of the molecule is Cc1ccc(S(=O)(=O)N(C)CC(=O)NNC(=O)Cc2ccc3c(c2)OCCO3)cc1. The van der Waals surface area contributed by atoms with Crippen molar-refractivity contribution >= 4 is 21.8 Å². The molecule has 2 amide bonds. The molecule has 30 heavy (non-hydrogen) atoms. The lowest BCUT2D eigenvalue weighted by atomic mass is 10.1. The zero-order chi connectivity index (χ0) is 21.7. The van der Waals surface area contributed by atoms with Gasteiger partial charge >= 0.3 is 0 Å². The fourth-order valence-electron chi connectivity index (χ4n) is 2.78. The van der Waals surface area contributed by atoms with E-state index in [0.717, 1.165) is 9.87 Å². The first-order chi connectivity index (χ1) is 14.3. The molecule has 2 aromatic carbocycles. The van der Waals surface area contributed by atoms with Gasteiger partial charge in [0.25, 0.3) is 5.91 Å². The van der Waals surface area contributed by atoms with E-state index in [9.17, 15) is 18.0 Å². The Hall–Kier alpha value is -3.11. The summed E-state index contributed by atoms with van der Waals surface area (Å²) in [6.07, 6.45) is 0.00836. The summed E-state index contributed by atoms with van der Waals surface area (Å²) in [6.45, 7) is 2.33. The highest BCUT2D eigenvalue weighted by molar-refractivity contribution is 7.89. The minimum absolute atomic E-state index is 0.00836. The van der Waals surface area contributed by atoms with Gasteiger partial charge in [-0.3, -0.25) is 20.4 Å². The number of ether oxygens (including phenoxy) is 2. The van der Waals surface area contributed by atoms with Gasteiger partial charge in [0.05, 0.1) is 17.9 Å². The van der Waals surface area contributed by atoms with Crippen LogP contribution in [0.25, 0.3) is 0 Å². The lowest BCUT2D eigenvalue weighted by Crippen LogP contribution is -2.47. The number of fused-ring (bicyclic) bond motifs is 1. The van der Waals surface area contributed by atoms with Gasteiger partial charge in [-0.2, -0.15) is 4.31 Å². The van der Waals surface area contributed by atoms with Crippen LogP contribution in [0.2, 0.25) is 0 Å². The van der Waals surface area contributed by atoms with Gasteiger partial charge in [-0.25, -0.2) is 8.42 Å². The van der Waals surface area contributed by atoms with Crippen molar-refractivity contribution in [1.82, 2.24) is 15.2 Å². The van der Waals surface area contributed by atoms with Crippen molar-refractivity contribution in [3.63, 3.8) is 0 Å². The molecular weight excluding hydrogens is 410 g/mol. The van der Waals surface area contributed by atoms with E-state index in [1.54, 1.807) is 30.3 Å². The Labute approximate surface area is 175 Å².